The highest BCUT2D eigenvalue weighted by atomic mass is 16.6. The molecule has 4 rings (SSSR count). The second-order valence-electron chi connectivity index (χ2n) is 8.91. The van der Waals surface area contributed by atoms with Gasteiger partial charge in [0.2, 0.25) is 0 Å². The van der Waals surface area contributed by atoms with Gasteiger partial charge in [0, 0.05) is 24.5 Å². The number of pyridine rings is 1. The molecule has 31 heavy (non-hydrogen) atoms. The van der Waals surface area contributed by atoms with Gasteiger partial charge in [0.05, 0.1) is 17.4 Å². The summed E-state index contributed by atoms with van der Waals surface area (Å²) < 4.78 is 11.4. The topological polar surface area (TPSA) is 63.7 Å². The number of carbonyl (C=O) groups excluding carboxylic acids is 1. The monoisotopic (exact) mass is 419 g/mol. The van der Waals surface area contributed by atoms with Crippen molar-refractivity contribution in [1.82, 2.24) is 9.88 Å². The van der Waals surface area contributed by atoms with Crippen molar-refractivity contribution in [3.8, 4) is 5.75 Å². The average Bonchev–Trinajstić information content (AvgIpc) is 3.20. The van der Waals surface area contributed by atoms with E-state index in [4.69, 9.17) is 9.47 Å². The quantitative estimate of drug-likeness (QED) is 0.613. The van der Waals surface area contributed by atoms with Crippen molar-refractivity contribution in [2.75, 3.05) is 18.4 Å². The summed E-state index contributed by atoms with van der Waals surface area (Å²) >= 11 is 0. The number of amides is 1. The van der Waals surface area contributed by atoms with Crippen LogP contribution in [-0.4, -0.2) is 40.7 Å². The van der Waals surface area contributed by atoms with Gasteiger partial charge < -0.3 is 19.7 Å². The van der Waals surface area contributed by atoms with E-state index in [0.717, 1.165) is 34.3 Å². The molecule has 3 aromatic rings. The molecule has 162 valence electrons. The summed E-state index contributed by atoms with van der Waals surface area (Å²) in [6.07, 6.45) is 2.45. The number of anilines is 1. The summed E-state index contributed by atoms with van der Waals surface area (Å²) in [4.78, 5) is 18.6. The van der Waals surface area contributed by atoms with E-state index in [2.05, 4.69) is 16.4 Å². The van der Waals surface area contributed by atoms with Gasteiger partial charge in [-0.05, 0) is 57.0 Å². The molecule has 0 aliphatic carbocycles. The zero-order chi connectivity index (χ0) is 21.8. The smallest absolute Gasteiger partial charge is 0.410 e. The van der Waals surface area contributed by atoms with Gasteiger partial charge in [-0.3, -0.25) is 4.98 Å². The lowest BCUT2D eigenvalue weighted by atomic mass is 10.2. The largest absolute Gasteiger partial charge is 0.489 e. The van der Waals surface area contributed by atoms with Gasteiger partial charge in [-0.2, -0.15) is 0 Å². The number of hydrogen-bond donors (Lipinski definition) is 1. The Morgan fingerprint density at radius 1 is 1.16 bits per heavy atom. The number of carbonyl (C=O) groups is 1. The van der Waals surface area contributed by atoms with Crippen LogP contribution >= 0.6 is 0 Å². The molecule has 1 aliphatic heterocycles. The molecule has 1 unspecified atom stereocenters. The lowest BCUT2D eigenvalue weighted by Crippen LogP contribution is -2.36. The molecular formula is C25H29N3O3. The minimum Gasteiger partial charge on any atom is -0.489 e. The number of rotatable bonds is 5. The molecule has 1 aliphatic rings. The summed E-state index contributed by atoms with van der Waals surface area (Å²) in [5, 5.41) is 4.52. The van der Waals surface area contributed by atoms with Gasteiger partial charge >= 0.3 is 6.09 Å². The van der Waals surface area contributed by atoms with Gasteiger partial charge in [0.1, 0.15) is 18.0 Å². The molecule has 1 aromatic heterocycles. The zero-order valence-electron chi connectivity index (χ0n) is 18.3. The van der Waals surface area contributed by atoms with Crippen molar-refractivity contribution in [2.45, 2.75) is 45.4 Å². The Balaban J connectivity index is 1.39. The summed E-state index contributed by atoms with van der Waals surface area (Å²) in [6, 6.07) is 18.3. The number of hydrogen-bond acceptors (Lipinski definition) is 5. The first-order chi connectivity index (χ1) is 14.9. The Morgan fingerprint density at radius 3 is 2.74 bits per heavy atom. The maximum atomic E-state index is 12.3. The minimum atomic E-state index is -0.481. The molecule has 6 heteroatoms. The van der Waals surface area contributed by atoms with Gasteiger partial charge in [-0.25, -0.2) is 4.79 Å². The Bertz CT molecular complexity index is 1050. The van der Waals surface area contributed by atoms with Crippen molar-refractivity contribution >= 4 is 22.7 Å². The van der Waals surface area contributed by atoms with E-state index in [1.165, 1.54) is 0 Å². The van der Waals surface area contributed by atoms with Crippen molar-refractivity contribution in [2.24, 2.45) is 0 Å². The van der Waals surface area contributed by atoms with Crippen LogP contribution in [0.1, 0.15) is 32.8 Å². The fourth-order valence-electron chi connectivity index (χ4n) is 3.63. The molecule has 1 amide bonds. The number of nitrogens with one attached hydrogen (secondary N) is 1. The molecule has 1 saturated heterocycles. The third kappa shape index (κ3) is 5.66. The Labute approximate surface area is 183 Å². The number of fused-ring (bicyclic) bond motifs is 1. The second-order valence-corrected chi connectivity index (χ2v) is 8.91. The average molecular weight is 420 g/mol. The van der Waals surface area contributed by atoms with Crippen LogP contribution in [0.3, 0.4) is 0 Å². The number of likely N-dealkylation sites (tertiary alicyclic amines) is 1. The van der Waals surface area contributed by atoms with Gasteiger partial charge in [-0.15, -0.1) is 0 Å². The van der Waals surface area contributed by atoms with Crippen molar-refractivity contribution in [1.29, 1.82) is 0 Å². The summed E-state index contributed by atoms with van der Waals surface area (Å²) in [5.74, 6) is 0.812. The summed E-state index contributed by atoms with van der Waals surface area (Å²) in [7, 11) is 0. The number of benzene rings is 2. The molecule has 1 N–H and O–H groups in total. The number of ether oxygens (including phenoxy) is 2. The fraction of sp³-hybridized carbons (Fsp3) is 0.360. The fourth-order valence-corrected chi connectivity index (χ4v) is 3.63. The van der Waals surface area contributed by atoms with Crippen LogP contribution in [0.5, 0.6) is 5.75 Å². The molecule has 0 saturated carbocycles. The first-order valence-corrected chi connectivity index (χ1v) is 10.7. The van der Waals surface area contributed by atoms with Crippen molar-refractivity contribution in [3.05, 3.63) is 66.4 Å². The number of nitrogens with zero attached hydrogens (tertiary/aromatic N) is 2. The highest BCUT2D eigenvalue weighted by Gasteiger charge is 2.29. The normalized spacial score (nSPS) is 16.4. The zero-order valence-corrected chi connectivity index (χ0v) is 18.3. The van der Waals surface area contributed by atoms with Crippen LogP contribution in [0, 0.1) is 0 Å². The molecule has 1 atom stereocenters. The molecule has 2 aromatic carbocycles. The van der Waals surface area contributed by atoms with Crippen molar-refractivity contribution < 1.29 is 14.3 Å². The van der Waals surface area contributed by atoms with Crippen LogP contribution in [-0.2, 0) is 11.3 Å². The van der Waals surface area contributed by atoms with Crippen LogP contribution < -0.4 is 10.1 Å². The minimum absolute atomic E-state index is 0.171. The van der Waals surface area contributed by atoms with E-state index in [9.17, 15) is 4.79 Å². The molecule has 6 nitrogen and oxygen atoms in total. The lowest BCUT2D eigenvalue weighted by molar-refractivity contribution is 0.0293. The third-order valence-electron chi connectivity index (χ3n) is 5.11. The van der Waals surface area contributed by atoms with E-state index in [0.29, 0.717) is 19.7 Å². The van der Waals surface area contributed by atoms with Gasteiger partial charge in [-0.1, -0.05) is 30.3 Å². The molecule has 2 heterocycles. The van der Waals surface area contributed by atoms with E-state index >= 15 is 0 Å². The van der Waals surface area contributed by atoms with E-state index < -0.39 is 5.60 Å². The van der Waals surface area contributed by atoms with Crippen LogP contribution in [0.4, 0.5) is 10.5 Å². The second kappa shape index (κ2) is 8.84. The van der Waals surface area contributed by atoms with E-state index in [1.54, 1.807) is 4.90 Å². The summed E-state index contributed by atoms with van der Waals surface area (Å²) in [5.41, 5.74) is 2.50. The van der Waals surface area contributed by atoms with Gasteiger partial charge in [0.25, 0.3) is 0 Å². The first-order valence-electron chi connectivity index (χ1n) is 10.7. The third-order valence-corrected chi connectivity index (χ3v) is 5.11. The predicted molar refractivity (Wildman–Crippen MR) is 122 cm³/mol. The molecular weight excluding hydrogens is 390 g/mol. The van der Waals surface area contributed by atoms with E-state index in [1.807, 2.05) is 75.5 Å². The highest BCUT2D eigenvalue weighted by molar-refractivity contribution is 5.83. The molecule has 1 fully saturated rings. The Hall–Kier alpha value is -3.28. The van der Waals surface area contributed by atoms with E-state index in [-0.39, 0.29) is 12.1 Å². The van der Waals surface area contributed by atoms with Crippen LogP contribution in [0.2, 0.25) is 0 Å². The summed E-state index contributed by atoms with van der Waals surface area (Å²) in [6.45, 7) is 7.48. The molecule has 0 radical (unpaired) electrons. The van der Waals surface area contributed by atoms with Crippen molar-refractivity contribution in [3.63, 3.8) is 0 Å². The van der Waals surface area contributed by atoms with Gasteiger partial charge in [0.15, 0.2) is 0 Å². The SMILES string of the molecule is CC(C)(C)OC(=O)N1CCC(Nc2cnc3ccc(OCc4ccccc4)cc3c2)C1. The van der Waals surface area contributed by atoms with Crippen LogP contribution in [0.25, 0.3) is 10.9 Å². The highest BCUT2D eigenvalue weighted by Crippen LogP contribution is 2.24. The first kappa shape index (κ1) is 21.0. The Morgan fingerprint density at radius 2 is 1.97 bits per heavy atom. The lowest BCUT2D eigenvalue weighted by Gasteiger charge is -2.24. The maximum Gasteiger partial charge on any atom is 0.410 e. The maximum absolute atomic E-state index is 12.3. The predicted octanol–water partition coefficient (Wildman–Crippen LogP) is 5.24. The molecule has 0 bridgehead atoms. The standard InChI is InChI=1S/C25H29N3O3/c1-25(2,3)31-24(29)28-12-11-20(16-28)27-21-13-19-14-22(9-10-23(19)26-15-21)30-17-18-7-5-4-6-8-18/h4-10,13-15,20,27H,11-12,16-17H2,1-3H3. The molecule has 0 spiro atoms. The van der Waals surface area contributed by atoms with Crippen LogP contribution in [0.15, 0.2) is 60.8 Å². The Kier molecular flexibility index (Phi) is 5.98. The number of aromatic nitrogens is 1.